The van der Waals surface area contributed by atoms with Crippen LogP contribution in [-0.4, -0.2) is 24.2 Å². The third kappa shape index (κ3) is 6.06. The van der Waals surface area contributed by atoms with Gasteiger partial charge in [0, 0.05) is 12.7 Å². The van der Waals surface area contributed by atoms with E-state index in [9.17, 15) is 10.1 Å². The van der Waals surface area contributed by atoms with Crippen molar-refractivity contribution < 1.29 is 14.3 Å². The van der Waals surface area contributed by atoms with Crippen LogP contribution >= 0.6 is 0 Å². The lowest BCUT2D eigenvalue weighted by Crippen LogP contribution is -2.44. The predicted molar refractivity (Wildman–Crippen MR) is 99.7 cm³/mol. The minimum atomic E-state index is -0.929. The molecule has 0 unspecified atom stereocenters. The highest BCUT2D eigenvalue weighted by atomic mass is 16.5. The Bertz CT molecular complexity index is 622. The number of benzene rings is 1. The zero-order valence-corrected chi connectivity index (χ0v) is 16.2. The Labute approximate surface area is 151 Å². The highest BCUT2D eigenvalue weighted by molar-refractivity contribution is 5.98. The van der Waals surface area contributed by atoms with Crippen molar-refractivity contribution >= 4 is 11.6 Å². The summed E-state index contributed by atoms with van der Waals surface area (Å²) in [6.07, 6.45) is 1.55. The standard InChI is InChI=1S/C20H30N2O3/c1-7-15(5)25-17-9-10-18(16(11-17)13-21)22-19(23)20(6,24-8-2)12-14(3)4/h9-11,14-15H,7-8,12H2,1-6H3,(H,22,23)/t15-,20-/m1/s1. The molecule has 2 atom stereocenters. The van der Waals surface area contributed by atoms with Gasteiger partial charge in [0.2, 0.25) is 0 Å². The highest BCUT2D eigenvalue weighted by Crippen LogP contribution is 2.27. The Morgan fingerprint density at radius 1 is 1.32 bits per heavy atom. The van der Waals surface area contributed by atoms with Gasteiger partial charge in [0.1, 0.15) is 17.4 Å². The van der Waals surface area contributed by atoms with E-state index in [0.29, 0.717) is 35.9 Å². The van der Waals surface area contributed by atoms with Crippen molar-refractivity contribution in [3.05, 3.63) is 23.8 Å². The molecule has 1 aromatic carbocycles. The molecule has 0 heterocycles. The van der Waals surface area contributed by atoms with Crippen LogP contribution in [0.25, 0.3) is 0 Å². The smallest absolute Gasteiger partial charge is 0.256 e. The Morgan fingerprint density at radius 3 is 2.52 bits per heavy atom. The molecule has 1 amide bonds. The molecule has 5 nitrogen and oxygen atoms in total. The Balaban J connectivity index is 3.00. The second kappa shape index (κ2) is 9.43. The van der Waals surface area contributed by atoms with Gasteiger partial charge in [-0.25, -0.2) is 0 Å². The van der Waals surface area contributed by atoms with Gasteiger partial charge >= 0.3 is 0 Å². The van der Waals surface area contributed by atoms with Crippen LogP contribution < -0.4 is 10.1 Å². The number of nitriles is 1. The SMILES string of the molecule is CCO[C@](C)(CC(C)C)C(=O)Nc1ccc(O[C@H](C)CC)cc1C#N. The normalized spacial score (nSPS) is 14.5. The molecular formula is C20H30N2O3. The van der Waals surface area contributed by atoms with Gasteiger partial charge in [0.15, 0.2) is 0 Å². The molecule has 0 saturated carbocycles. The van der Waals surface area contributed by atoms with Crippen LogP contribution in [0, 0.1) is 17.2 Å². The van der Waals surface area contributed by atoms with E-state index < -0.39 is 5.60 Å². The fourth-order valence-corrected chi connectivity index (χ4v) is 2.68. The molecule has 0 saturated heterocycles. The van der Waals surface area contributed by atoms with Gasteiger partial charge in [-0.2, -0.15) is 5.26 Å². The summed E-state index contributed by atoms with van der Waals surface area (Å²) in [6.45, 7) is 12.2. The van der Waals surface area contributed by atoms with Crippen molar-refractivity contribution in [2.24, 2.45) is 5.92 Å². The average Bonchev–Trinajstić information content (AvgIpc) is 2.55. The highest BCUT2D eigenvalue weighted by Gasteiger charge is 2.35. The van der Waals surface area contributed by atoms with Crippen LogP contribution in [0.3, 0.4) is 0 Å². The van der Waals surface area contributed by atoms with Crippen molar-refractivity contribution in [3.8, 4) is 11.8 Å². The topological polar surface area (TPSA) is 71.3 Å². The summed E-state index contributed by atoms with van der Waals surface area (Å²) in [5.74, 6) is 0.692. The van der Waals surface area contributed by atoms with Gasteiger partial charge in [0.25, 0.3) is 5.91 Å². The van der Waals surface area contributed by atoms with Crippen LogP contribution in [0.4, 0.5) is 5.69 Å². The molecule has 0 aliphatic rings. The number of hydrogen-bond acceptors (Lipinski definition) is 4. The number of hydrogen-bond donors (Lipinski definition) is 1. The van der Waals surface area contributed by atoms with Gasteiger partial charge in [-0.15, -0.1) is 0 Å². The summed E-state index contributed by atoms with van der Waals surface area (Å²) in [4.78, 5) is 12.8. The van der Waals surface area contributed by atoms with Crippen LogP contribution in [0.5, 0.6) is 5.75 Å². The molecule has 1 N–H and O–H groups in total. The minimum absolute atomic E-state index is 0.0688. The van der Waals surface area contributed by atoms with Gasteiger partial charge in [-0.05, 0) is 51.7 Å². The van der Waals surface area contributed by atoms with E-state index in [-0.39, 0.29) is 12.0 Å². The molecule has 0 aliphatic carbocycles. The van der Waals surface area contributed by atoms with Gasteiger partial charge in [0.05, 0.1) is 17.4 Å². The van der Waals surface area contributed by atoms with Gasteiger partial charge in [-0.3, -0.25) is 4.79 Å². The van der Waals surface area contributed by atoms with E-state index in [0.717, 1.165) is 6.42 Å². The molecule has 0 spiro atoms. The van der Waals surface area contributed by atoms with E-state index in [1.54, 1.807) is 25.1 Å². The lowest BCUT2D eigenvalue weighted by Gasteiger charge is -2.30. The van der Waals surface area contributed by atoms with Crippen LogP contribution in [0.15, 0.2) is 18.2 Å². The van der Waals surface area contributed by atoms with E-state index in [1.165, 1.54) is 0 Å². The second-order valence-electron chi connectivity index (χ2n) is 6.87. The van der Waals surface area contributed by atoms with Crippen molar-refractivity contribution in [2.45, 2.75) is 66.1 Å². The first kappa shape index (κ1) is 21.0. The third-order valence-corrected chi connectivity index (χ3v) is 4.01. The fourth-order valence-electron chi connectivity index (χ4n) is 2.68. The maximum Gasteiger partial charge on any atom is 0.256 e. The maximum absolute atomic E-state index is 12.8. The van der Waals surface area contributed by atoms with Crippen LogP contribution in [-0.2, 0) is 9.53 Å². The quantitative estimate of drug-likeness (QED) is 0.714. The molecular weight excluding hydrogens is 316 g/mol. The largest absolute Gasteiger partial charge is 0.491 e. The van der Waals surface area contributed by atoms with Crippen molar-refractivity contribution in [1.82, 2.24) is 0 Å². The summed E-state index contributed by atoms with van der Waals surface area (Å²) < 4.78 is 11.5. The molecule has 0 fully saturated rings. The summed E-state index contributed by atoms with van der Waals surface area (Å²) >= 11 is 0. The van der Waals surface area contributed by atoms with Crippen LogP contribution in [0.1, 0.15) is 59.9 Å². The lowest BCUT2D eigenvalue weighted by molar-refractivity contribution is -0.140. The number of anilines is 1. The summed E-state index contributed by atoms with van der Waals surface area (Å²) in [5.41, 5.74) is -0.0853. The number of nitrogens with one attached hydrogen (secondary N) is 1. The Hall–Kier alpha value is -2.06. The number of ether oxygens (including phenoxy) is 2. The number of nitrogens with zero attached hydrogens (tertiary/aromatic N) is 1. The van der Waals surface area contributed by atoms with E-state index in [1.807, 2.05) is 34.6 Å². The lowest BCUT2D eigenvalue weighted by atomic mass is 9.93. The average molecular weight is 346 g/mol. The number of amides is 1. The van der Waals surface area contributed by atoms with Crippen molar-refractivity contribution in [2.75, 3.05) is 11.9 Å². The molecule has 0 aromatic heterocycles. The Morgan fingerprint density at radius 2 is 2.00 bits per heavy atom. The summed E-state index contributed by atoms with van der Waals surface area (Å²) in [7, 11) is 0. The maximum atomic E-state index is 12.8. The first-order valence-corrected chi connectivity index (χ1v) is 8.91. The van der Waals surface area contributed by atoms with E-state index in [2.05, 4.69) is 11.4 Å². The first-order valence-electron chi connectivity index (χ1n) is 8.91. The summed E-state index contributed by atoms with van der Waals surface area (Å²) in [5, 5.41) is 12.3. The minimum Gasteiger partial charge on any atom is -0.491 e. The molecule has 1 aromatic rings. The molecule has 0 bridgehead atoms. The van der Waals surface area contributed by atoms with E-state index >= 15 is 0 Å². The molecule has 138 valence electrons. The van der Waals surface area contributed by atoms with E-state index in [4.69, 9.17) is 9.47 Å². The fraction of sp³-hybridized carbons (Fsp3) is 0.600. The molecule has 1 rings (SSSR count). The molecule has 0 radical (unpaired) electrons. The van der Waals surface area contributed by atoms with Crippen molar-refractivity contribution in [1.29, 1.82) is 5.26 Å². The molecule has 5 heteroatoms. The molecule has 25 heavy (non-hydrogen) atoms. The molecule has 0 aliphatic heterocycles. The monoisotopic (exact) mass is 346 g/mol. The number of carbonyl (C=O) groups is 1. The first-order chi connectivity index (χ1) is 11.8. The summed E-state index contributed by atoms with van der Waals surface area (Å²) in [6, 6.07) is 7.25. The van der Waals surface area contributed by atoms with Gasteiger partial charge in [-0.1, -0.05) is 20.8 Å². The zero-order valence-electron chi connectivity index (χ0n) is 16.2. The second-order valence-corrected chi connectivity index (χ2v) is 6.87. The zero-order chi connectivity index (χ0) is 19.0. The van der Waals surface area contributed by atoms with Gasteiger partial charge < -0.3 is 14.8 Å². The number of carbonyl (C=O) groups excluding carboxylic acids is 1. The predicted octanol–water partition coefficient (Wildman–Crippen LogP) is 4.52. The third-order valence-electron chi connectivity index (χ3n) is 4.01. The number of rotatable bonds is 9. The van der Waals surface area contributed by atoms with Crippen molar-refractivity contribution in [3.63, 3.8) is 0 Å². The van der Waals surface area contributed by atoms with Crippen LogP contribution in [0.2, 0.25) is 0 Å². The Kier molecular flexibility index (Phi) is 7.92.